The summed E-state index contributed by atoms with van der Waals surface area (Å²) < 4.78 is 6.89. The average Bonchev–Trinajstić information content (AvgIpc) is 3.24. The fourth-order valence-corrected chi connectivity index (χ4v) is 4.17. The molecule has 7 nitrogen and oxygen atoms in total. The molecule has 134 valence electrons. The van der Waals surface area contributed by atoms with Gasteiger partial charge in [-0.25, -0.2) is 4.98 Å². The van der Waals surface area contributed by atoms with Gasteiger partial charge in [-0.3, -0.25) is 9.59 Å². The molecule has 1 fully saturated rings. The number of hydrogen-bond acceptors (Lipinski definition) is 5. The molecule has 2 amide bonds. The number of piperidine rings is 1. The van der Waals surface area contributed by atoms with Gasteiger partial charge in [0.1, 0.15) is 12.4 Å². The summed E-state index contributed by atoms with van der Waals surface area (Å²) in [6, 6.07) is 3.79. The first-order valence-electron chi connectivity index (χ1n) is 8.24. The second kappa shape index (κ2) is 7.79. The molecule has 3 heterocycles. The maximum absolute atomic E-state index is 12.8. The number of aromatic nitrogens is 2. The molecule has 1 aliphatic rings. The Labute approximate surface area is 150 Å². The Morgan fingerprint density at radius 1 is 1.44 bits per heavy atom. The topological polar surface area (TPSA) is 90.4 Å². The van der Waals surface area contributed by atoms with Crippen LogP contribution in [0, 0.1) is 0 Å². The number of carbonyl (C=O) groups is 2. The second-order valence-corrected chi connectivity index (χ2v) is 7.34. The van der Waals surface area contributed by atoms with E-state index in [2.05, 4.69) is 4.98 Å². The smallest absolute Gasteiger partial charge is 0.263 e. The average molecular weight is 362 g/mol. The zero-order valence-electron chi connectivity index (χ0n) is 14.2. The maximum atomic E-state index is 12.8. The van der Waals surface area contributed by atoms with Crippen molar-refractivity contribution in [1.82, 2.24) is 14.5 Å². The molecule has 0 aliphatic carbocycles. The second-order valence-electron chi connectivity index (χ2n) is 6.17. The lowest BCUT2D eigenvalue weighted by molar-refractivity contribution is -0.118. The number of imidazole rings is 1. The molecule has 1 saturated heterocycles. The summed E-state index contributed by atoms with van der Waals surface area (Å²) in [6.07, 6.45) is 5.29. The summed E-state index contributed by atoms with van der Waals surface area (Å²) in [6.45, 7) is 1.98. The molecule has 8 heteroatoms. The Kier molecular flexibility index (Phi) is 5.50. The SMILES string of the molecule is COCc1ccc(C(=O)N2CCC[C@H](c3nccn3CC(N)=O)C2)s1. The number of rotatable bonds is 6. The van der Waals surface area contributed by atoms with Crippen molar-refractivity contribution in [2.75, 3.05) is 20.2 Å². The molecule has 2 aromatic rings. The van der Waals surface area contributed by atoms with Crippen LogP contribution in [-0.2, 0) is 22.7 Å². The number of methoxy groups -OCH3 is 1. The minimum Gasteiger partial charge on any atom is -0.379 e. The minimum atomic E-state index is -0.396. The first kappa shape index (κ1) is 17.6. The number of likely N-dealkylation sites (tertiary alicyclic amines) is 1. The van der Waals surface area contributed by atoms with Crippen molar-refractivity contribution >= 4 is 23.2 Å². The monoisotopic (exact) mass is 362 g/mol. The van der Waals surface area contributed by atoms with E-state index in [0.29, 0.717) is 13.2 Å². The molecule has 3 rings (SSSR count). The van der Waals surface area contributed by atoms with Crippen molar-refractivity contribution in [2.45, 2.75) is 31.9 Å². The lowest BCUT2D eigenvalue weighted by Gasteiger charge is -2.32. The van der Waals surface area contributed by atoms with Gasteiger partial charge in [0.15, 0.2) is 0 Å². The molecule has 25 heavy (non-hydrogen) atoms. The Bertz CT molecular complexity index is 755. The van der Waals surface area contributed by atoms with Gasteiger partial charge in [-0.15, -0.1) is 11.3 Å². The Balaban J connectivity index is 1.71. The van der Waals surface area contributed by atoms with Gasteiger partial charge >= 0.3 is 0 Å². The number of nitrogens with two attached hydrogens (primary N) is 1. The molecule has 2 aromatic heterocycles. The molecule has 2 N–H and O–H groups in total. The molecular weight excluding hydrogens is 340 g/mol. The van der Waals surface area contributed by atoms with Gasteiger partial charge in [0.05, 0.1) is 11.5 Å². The number of carbonyl (C=O) groups excluding carboxylic acids is 2. The van der Waals surface area contributed by atoms with Crippen molar-refractivity contribution in [1.29, 1.82) is 0 Å². The van der Waals surface area contributed by atoms with Gasteiger partial charge in [0, 0.05) is 43.4 Å². The number of thiophene rings is 1. The molecule has 0 radical (unpaired) electrons. The highest BCUT2D eigenvalue weighted by molar-refractivity contribution is 7.14. The first-order valence-corrected chi connectivity index (χ1v) is 9.06. The van der Waals surface area contributed by atoms with Crippen LogP contribution in [0.2, 0.25) is 0 Å². The van der Waals surface area contributed by atoms with Crippen LogP contribution in [0.5, 0.6) is 0 Å². The van der Waals surface area contributed by atoms with E-state index >= 15 is 0 Å². The van der Waals surface area contributed by atoms with Gasteiger partial charge in [0.25, 0.3) is 5.91 Å². The molecule has 1 aliphatic heterocycles. The fourth-order valence-electron chi connectivity index (χ4n) is 3.22. The van der Waals surface area contributed by atoms with E-state index in [0.717, 1.165) is 35.0 Å². The highest BCUT2D eigenvalue weighted by atomic mass is 32.1. The number of amides is 2. The van der Waals surface area contributed by atoms with E-state index in [1.165, 1.54) is 11.3 Å². The first-order chi connectivity index (χ1) is 12.1. The predicted molar refractivity (Wildman–Crippen MR) is 94.3 cm³/mol. The summed E-state index contributed by atoms with van der Waals surface area (Å²) in [5.41, 5.74) is 5.30. The van der Waals surface area contributed by atoms with Crippen LogP contribution in [0.4, 0.5) is 0 Å². The van der Waals surface area contributed by atoms with Crippen LogP contribution in [-0.4, -0.2) is 46.5 Å². The number of ether oxygens (including phenoxy) is 1. The summed E-state index contributed by atoms with van der Waals surface area (Å²) in [5, 5.41) is 0. The molecule has 0 bridgehead atoms. The van der Waals surface area contributed by atoms with Crippen molar-refractivity contribution in [3.63, 3.8) is 0 Å². The molecular formula is C17H22N4O3S. The predicted octanol–water partition coefficient (Wildman–Crippen LogP) is 1.60. The van der Waals surface area contributed by atoms with E-state index in [1.54, 1.807) is 24.1 Å². The summed E-state index contributed by atoms with van der Waals surface area (Å²) in [5.74, 6) is 0.588. The molecule has 0 spiro atoms. The lowest BCUT2D eigenvalue weighted by Crippen LogP contribution is -2.39. The largest absolute Gasteiger partial charge is 0.379 e. The standard InChI is InChI=1S/C17H22N4O3S/c1-24-11-13-4-5-14(25-13)17(23)21-7-2-3-12(9-21)16-19-6-8-20(16)10-15(18)22/h4-6,8,12H,2-3,7,9-11H2,1H3,(H2,18,22)/t12-/m0/s1. The molecule has 1 atom stereocenters. The van der Waals surface area contributed by atoms with Crippen LogP contribution < -0.4 is 5.73 Å². The molecule has 0 aromatic carbocycles. The van der Waals surface area contributed by atoms with Crippen LogP contribution in [0.1, 0.15) is 39.1 Å². The van der Waals surface area contributed by atoms with Gasteiger partial charge < -0.3 is 19.9 Å². The fraction of sp³-hybridized carbons (Fsp3) is 0.471. The summed E-state index contributed by atoms with van der Waals surface area (Å²) >= 11 is 1.47. The van der Waals surface area contributed by atoms with E-state index in [-0.39, 0.29) is 18.4 Å². The third-order valence-electron chi connectivity index (χ3n) is 4.31. The number of nitrogens with zero attached hydrogens (tertiary/aromatic N) is 3. The van der Waals surface area contributed by atoms with Gasteiger partial charge in [-0.1, -0.05) is 0 Å². The van der Waals surface area contributed by atoms with Gasteiger partial charge in [-0.2, -0.15) is 0 Å². The highest BCUT2D eigenvalue weighted by Gasteiger charge is 2.28. The van der Waals surface area contributed by atoms with Gasteiger partial charge in [-0.05, 0) is 25.0 Å². The normalized spacial score (nSPS) is 17.6. The maximum Gasteiger partial charge on any atom is 0.263 e. The Morgan fingerprint density at radius 3 is 3.04 bits per heavy atom. The summed E-state index contributed by atoms with van der Waals surface area (Å²) in [7, 11) is 1.64. The zero-order valence-corrected chi connectivity index (χ0v) is 15.0. The van der Waals surface area contributed by atoms with Crippen LogP contribution in [0.25, 0.3) is 0 Å². The highest BCUT2D eigenvalue weighted by Crippen LogP contribution is 2.28. The summed E-state index contributed by atoms with van der Waals surface area (Å²) in [4.78, 5) is 32.0. The van der Waals surface area contributed by atoms with Crippen molar-refractivity contribution in [3.8, 4) is 0 Å². The number of hydrogen-bond donors (Lipinski definition) is 1. The third-order valence-corrected chi connectivity index (χ3v) is 5.35. The third kappa shape index (κ3) is 4.08. The van der Waals surface area contributed by atoms with E-state index in [9.17, 15) is 9.59 Å². The van der Waals surface area contributed by atoms with E-state index in [1.807, 2.05) is 17.0 Å². The van der Waals surface area contributed by atoms with Crippen molar-refractivity contribution < 1.29 is 14.3 Å². The quantitative estimate of drug-likeness (QED) is 0.845. The lowest BCUT2D eigenvalue weighted by atomic mass is 9.97. The molecule has 0 unspecified atom stereocenters. The van der Waals surface area contributed by atoms with Crippen LogP contribution >= 0.6 is 11.3 Å². The van der Waals surface area contributed by atoms with Crippen molar-refractivity contribution in [2.24, 2.45) is 5.73 Å². The van der Waals surface area contributed by atoms with Crippen molar-refractivity contribution in [3.05, 3.63) is 40.1 Å². The van der Waals surface area contributed by atoms with Crippen LogP contribution in [0.3, 0.4) is 0 Å². The van der Waals surface area contributed by atoms with Gasteiger partial charge in [0.2, 0.25) is 5.91 Å². The minimum absolute atomic E-state index is 0.0464. The van der Waals surface area contributed by atoms with Crippen LogP contribution in [0.15, 0.2) is 24.5 Å². The van der Waals surface area contributed by atoms with E-state index in [4.69, 9.17) is 10.5 Å². The Morgan fingerprint density at radius 2 is 2.28 bits per heavy atom. The number of primary amides is 1. The molecule has 0 saturated carbocycles. The Hall–Kier alpha value is -2.19. The van der Waals surface area contributed by atoms with E-state index < -0.39 is 5.91 Å². The zero-order chi connectivity index (χ0) is 17.8.